The molecule has 1 fully saturated rings. The smallest absolute Gasteiger partial charge is 0.151 e. The number of aldehydes is 1. The normalized spacial score (nSPS) is 18.4. The van der Waals surface area contributed by atoms with Gasteiger partial charge in [0, 0.05) is 24.7 Å². The summed E-state index contributed by atoms with van der Waals surface area (Å²) in [6, 6.07) is 14.3. The Balaban J connectivity index is 1.63. The summed E-state index contributed by atoms with van der Waals surface area (Å²) in [7, 11) is -3.06. The summed E-state index contributed by atoms with van der Waals surface area (Å²) in [5, 5.41) is 10.6. The van der Waals surface area contributed by atoms with E-state index >= 15 is 0 Å². The van der Waals surface area contributed by atoms with E-state index in [0.29, 0.717) is 30.9 Å². The van der Waals surface area contributed by atoms with Crippen LogP contribution in [0.4, 0.5) is 0 Å². The van der Waals surface area contributed by atoms with E-state index in [-0.39, 0.29) is 30.7 Å². The second-order valence-electron chi connectivity index (χ2n) is 8.13. The second-order valence-corrected chi connectivity index (χ2v) is 10.4. The molecular weight excluding hydrogens is 430 g/mol. The highest BCUT2D eigenvalue weighted by molar-refractivity contribution is 7.91. The molecule has 0 aliphatic carbocycles. The third kappa shape index (κ3) is 7.32. The molecule has 7 nitrogen and oxygen atoms in total. The number of nitrogens with zero attached hydrogens (tertiary/aromatic N) is 1. The number of benzene rings is 2. The van der Waals surface area contributed by atoms with Gasteiger partial charge in [-0.2, -0.15) is 0 Å². The summed E-state index contributed by atoms with van der Waals surface area (Å²) in [6.45, 7) is 3.55. The molecule has 1 N–H and O–H groups in total. The first-order valence-corrected chi connectivity index (χ1v) is 12.7. The molecular formula is C24H31NO6S. The molecule has 1 saturated heterocycles. The van der Waals surface area contributed by atoms with Crippen LogP contribution in [-0.2, 0) is 16.4 Å². The van der Waals surface area contributed by atoms with Gasteiger partial charge in [-0.1, -0.05) is 31.2 Å². The van der Waals surface area contributed by atoms with Crippen molar-refractivity contribution in [2.24, 2.45) is 0 Å². The molecule has 2 aromatic carbocycles. The zero-order valence-electron chi connectivity index (χ0n) is 18.4. The van der Waals surface area contributed by atoms with Crippen LogP contribution >= 0.6 is 0 Å². The van der Waals surface area contributed by atoms with Gasteiger partial charge >= 0.3 is 0 Å². The molecule has 1 aliphatic rings. The maximum absolute atomic E-state index is 12.0. The fourth-order valence-electron chi connectivity index (χ4n) is 3.75. The minimum Gasteiger partial charge on any atom is -0.494 e. The summed E-state index contributed by atoms with van der Waals surface area (Å²) in [4.78, 5) is 12.9. The maximum atomic E-state index is 12.0. The van der Waals surface area contributed by atoms with Crippen molar-refractivity contribution in [1.82, 2.24) is 4.90 Å². The molecule has 2 unspecified atom stereocenters. The van der Waals surface area contributed by atoms with Gasteiger partial charge in [-0.25, -0.2) is 8.42 Å². The molecule has 1 aliphatic heterocycles. The summed E-state index contributed by atoms with van der Waals surface area (Å²) in [5.74, 6) is 1.57. The third-order valence-electron chi connectivity index (χ3n) is 5.39. The molecule has 2 aromatic rings. The largest absolute Gasteiger partial charge is 0.494 e. The number of rotatable bonds is 12. The SMILES string of the molecule is CCCOc1ccc(CN(CC(O)COc2cccc(C=O)c2)C2CCS(=O)(=O)C2)cc1. The van der Waals surface area contributed by atoms with Crippen LogP contribution in [0.1, 0.15) is 35.7 Å². The summed E-state index contributed by atoms with van der Waals surface area (Å²) in [6.07, 6.45) is 1.41. The average Bonchev–Trinajstić information content (AvgIpc) is 3.16. The molecule has 32 heavy (non-hydrogen) atoms. The number of carbonyl (C=O) groups is 1. The highest BCUT2D eigenvalue weighted by Gasteiger charge is 2.33. The van der Waals surface area contributed by atoms with Gasteiger partial charge in [0.05, 0.1) is 18.1 Å². The van der Waals surface area contributed by atoms with Crippen molar-refractivity contribution in [3.8, 4) is 11.5 Å². The number of hydrogen-bond acceptors (Lipinski definition) is 7. The first-order chi connectivity index (χ1) is 15.4. The van der Waals surface area contributed by atoms with Crippen LogP contribution in [0.3, 0.4) is 0 Å². The van der Waals surface area contributed by atoms with E-state index in [1.807, 2.05) is 29.2 Å². The van der Waals surface area contributed by atoms with Crippen molar-refractivity contribution in [3.63, 3.8) is 0 Å². The number of aliphatic hydroxyl groups is 1. The van der Waals surface area contributed by atoms with Crippen LogP contribution in [0.15, 0.2) is 48.5 Å². The van der Waals surface area contributed by atoms with Gasteiger partial charge in [-0.05, 0) is 42.7 Å². The van der Waals surface area contributed by atoms with Gasteiger partial charge in [0.25, 0.3) is 0 Å². The highest BCUT2D eigenvalue weighted by Crippen LogP contribution is 2.22. The van der Waals surface area contributed by atoms with Crippen molar-refractivity contribution < 1.29 is 27.8 Å². The Labute approximate surface area is 189 Å². The van der Waals surface area contributed by atoms with E-state index in [2.05, 4.69) is 6.92 Å². The Morgan fingerprint density at radius 3 is 2.59 bits per heavy atom. The molecule has 8 heteroatoms. The predicted molar refractivity (Wildman–Crippen MR) is 123 cm³/mol. The van der Waals surface area contributed by atoms with Gasteiger partial charge in [0.15, 0.2) is 9.84 Å². The lowest BCUT2D eigenvalue weighted by Crippen LogP contribution is -2.42. The lowest BCUT2D eigenvalue weighted by Gasteiger charge is -2.30. The van der Waals surface area contributed by atoms with E-state index in [1.54, 1.807) is 24.3 Å². The first kappa shape index (κ1) is 24.2. The van der Waals surface area contributed by atoms with E-state index in [4.69, 9.17) is 9.47 Å². The van der Waals surface area contributed by atoms with Gasteiger partial charge in [-0.3, -0.25) is 9.69 Å². The molecule has 0 radical (unpaired) electrons. The molecule has 0 bridgehead atoms. The molecule has 3 rings (SSSR count). The van der Waals surface area contributed by atoms with Gasteiger partial charge in [0.1, 0.15) is 30.5 Å². The van der Waals surface area contributed by atoms with Crippen LogP contribution in [0.5, 0.6) is 11.5 Å². The second kappa shape index (κ2) is 11.4. The lowest BCUT2D eigenvalue weighted by atomic mass is 10.1. The predicted octanol–water partition coefficient (Wildman–Crippen LogP) is 2.72. The number of aliphatic hydroxyl groups excluding tert-OH is 1. The Hall–Kier alpha value is -2.42. The Morgan fingerprint density at radius 2 is 1.94 bits per heavy atom. The maximum Gasteiger partial charge on any atom is 0.151 e. The standard InChI is InChI=1S/C24H31NO6S/c1-2-11-30-23-8-6-19(7-9-23)14-25(21-10-12-32(28,29)18-21)15-22(27)17-31-24-5-3-4-20(13-24)16-26/h3-9,13,16,21-22,27H,2,10-12,14-15,17-18H2,1H3. The topological polar surface area (TPSA) is 93.1 Å². The molecule has 0 aromatic heterocycles. The zero-order chi connectivity index (χ0) is 23.0. The molecule has 0 saturated carbocycles. The zero-order valence-corrected chi connectivity index (χ0v) is 19.2. The molecule has 174 valence electrons. The number of ether oxygens (including phenoxy) is 2. The van der Waals surface area contributed by atoms with E-state index in [9.17, 15) is 18.3 Å². The van der Waals surface area contributed by atoms with Crippen LogP contribution in [-0.4, -0.2) is 68.1 Å². The Bertz CT molecular complexity index is 976. The quantitative estimate of drug-likeness (QED) is 0.486. The lowest BCUT2D eigenvalue weighted by molar-refractivity contribution is 0.0524. The van der Waals surface area contributed by atoms with Crippen LogP contribution in [0, 0.1) is 0 Å². The van der Waals surface area contributed by atoms with E-state index in [1.165, 1.54) is 0 Å². The summed E-state index contributed by atoms with van der Waals surface area (Å²) < 4.78 is 35.4. The summed E-state index contributed by atoms with van der Waals surface area (Å²) in [5.41, 5.74) is 1.52. The highest BCUT2D eigenvalue weighted by atomic mass is 32.2. The van der Waals surface area contributed by atoms with Crippen molar-refractivity contribution in [2.75, 3.05) is 31.3 Å². The van der Waals surface area contributed by atoms with Crippen molar-refractivity contribution in [1.29, 1.82) is 0 Å². The van der Waals surface area contributed by atoms with Gasteiger partial charge < -0.3 is 14.6 Å². The third-order valence-corrected chi connectivity index (χ3v) is 7.14. The minimum absolute atomic E-state index is 0.0437. The average molecular weight is 462 g/mol. The number of carbonyl (C=O) groups excluding carboxylic acids is 1. The molecule has 0 spiro atoms. The van der Waals surface area contributed by atoms with E-state index in [0.717, 1.165) is 24.0 Å². The Kier molecular flexibility index (Phi) is 8.67. The fourth-order valence-corrected chi connectivity index (χ4v) is 5.51. The number of sulfone groups is 1. The Morgan fingerprint density at radius 1 is 1.16 bits per heavy atom. The monoisotopic (exact) mass is 461 g/mol. The molecule has 2 atom stereocenters. The number of hydrogen-bond donors (Lipinski definition) is 1. The molecule has 0 amide bonds. The van der Waals surface area contributed by atoms with E-state index < -0.39 is 15.9 Å². The van der Waals surface area contributed by atoms with Crippen molar-refractivity contribution in [2.45, 2.75) is 38.5 Å². The van der Waals surface area contributed by atoms with Gasteiger partial charge in [-0.15, -0.1) is 0 Å². The fraction of sp³-hybridized carbons (Fsp3) is 0.458. The van der Waals surface area contributed by atoms with Crippen LogP contribution in [0.2, 0.25) is 0 Å². The first-order valence-electron chi connectivity index (χ1n) is 10.9. The van der Waals surface area contributed by atoms with Gasteiger partial charge in [0.2, 0.25) is 0 Å². The van der Waals surface area contributed by atoms with Crippen molar-refractivity contribution in [3.05, 3.63) is 59.7 Å². The summed E-state index contributed by atoms with van der Waals surface area (Å²) >= 11 is 0. The van der Waals surface area contributed by atoms with Crippen molar-refractivity contribution >= 4 is 16.1 Å². The van der Waals surface area contributed by atoms with Crippen LogP contribution < -0.4 is 9.47 Å². The molecule has 1 heterocycles. The van der Waals surface area contributed by atoms with Crippen LogP contribution in [0.25, 0.3) is 0 Å². The minimum atomic E-state index is -3.06.